The van der Waals surface area contributed by atoms with Crippen LogP contribution >= 0.6 is 0 Å². The zero-order valence-corrected chi connectivity index (χ0v) is 9.18. The van der Waals surface area contributed by atoms with Crippen molar-refractivity contribution in [2.75, 3.05) is 6.61 Å². The standard InChI is InChI=1S/C13H13NO3/c15-6-2-1-3-9-4-5-12-10(7-9)11(8-14-12)13(16)17/h1,3-5,7-8,14-15H,2,6H2,(H,16,17). The molecule has 0 aliphatic rings. The molecule has 0 unspecified atom stereocenters. The average Bonchev–Trinajstić information content (AvgIpc) is 2.72. The molecule has 1 aromatic heterocycles. The number of fused-ring (bicyclic) bond motifs is 1. The summed E-state index contributed by atoms with van der Waals surface area (Å²) in [6, 6.07) is 5.57. The summed E-state index contributed by atoms with van der Waals surface area (Å²) < 4.78 is 0. The van der Waals surface area contributed by atoms with Crippen molar-refractivity contribution >= 4 is 22.9 Å². The molecule has 0 spiro atoms. The molecule has 0 aliphatic heterocycles. The van der Waals surface area contributed by atoms with Crippen LogP contribution in [0, 0.1) is 0 Å². The zero-order chi connectivity index (χ0) is 12.3. The molecule has 2 aromatic rings. The van der Waals surface area contributed by atoms with Crippen molar-refractivity contribution in [3.8, 4) is 0 Å². The number of carboxylic acid groups (broad SMARTS) is 1. The monoisotopic (exact) mass is 231 g/mol. The molecule has 1 aromatic carbocycles. The van der Waals surface area contributed by atoms with E-state index in [1.54, 1.807) is 0 Å². The number of rotatable bonds is 4. The Kier molecular flexibility index (Phi) is 3.25. The molecule has 88 valence electrons. The number of aromatic amines is 1. The summed E-state index contributed by atoms with van der Waals surface area (Å²) in [5, 5.41) is 18.4. The fraction of sp³-hybridized carbons (Fsp3) is 0.154. The van der Waals surface area contributed by atoms with E-state index in [0.29, 0.717) is 11.8 Å². The Morgan fingerprint density at radius 1 is 1.41 bits per heavy atom. The number of aromatic nitrogens is 1. The third kappa shape index (κ3) is 2.37. The Bertz CT molecular complexity index is 569. The number of hydrogen-bond acceptors (Lipinski definition) is 2. The fourth-order valence-corrected chi connectivity index (χ4v) is 1.71. The third-order valence-corrected chi connectivity index (χ3v) is 2.54. The van der Waals surface area contributed by atoms with Gasteiger partial charge in [0.25, 0.3) is 0 Å². The van der Waals surface area contributed by atoms with Crippen LogP contribution < -0.4 is 0 Å². The van der Waals surface area contributed by atoms with Crippen molar-refractivity contribution in [3.05, 3.63) is 41.6 Å². The van der Waals surface area contributed by atoms with Gasteiger partial charge in [0, 0.05) is 23.7 Å². The Hall–Kier alpha value is -2.07. The van der Waals surface area contributed by atoms with Crippen LogP contribution in [0.5, 0.6) is 0 Å². The molecule has 0 aliphatic carbocycles. The van der Waals surface area contributed by atoms with Crippen molar-refractivity contribution in [3.63, 3.8) is 0 Å². The molecular weight excluding hydrogens is 218 g/mol. The summed E-state index contributed by atoms with van der Waals surface area (Å²) in [7, 11) is 0. The molecule has 4 nitrogen and oxygen atoms in total. The highest BCUT2D eigenvalue weighted by Crippen LogP contribution is 2.20. The highest BCUT2D eigenvalue weighted by Gasteiger charge is 2.09. The summed E-state index contributed by atoms with van der Waals surface area (Å²) in [4.78, 5) is 13.9. The molecule has 0 saturated heterocycles. The number of nitrogens with one attached hydrogen (secondary N) is 1. The second-order valence-electron chi connectivity index (χ2n) is 3.73. The minimum atomic E-state index is -0.937. The van der Waals surface area contributed by atoms with E-state index in [4.69, 9.17) is 10.2 Å². The molecule has 0 saturated carbocycles. The summed E-state index contributed by atoms with van der Waals surface area (Å²) in [5.74, 6) is -0.937. The summed E-state index contributed by atoms with van der Waals surface area (Å²) in [6.45, 7) is 0.114. The fourth-order valence-electron chi connectivity index (χ4n) is 1.71. The van der Waals surface area contributed by atoms with E-state index >= 15 is 0 Å². The normalized spacial score (nSPS) is 11.4. The molecule has 0 fully saturated rings. The van der Waals surface area contributed by atoms with Gasteiger partial charge in [-0.15, -0.1) is 0 Å². The third-order valence-electron chi connectivity index (χ3n) is 2.54. The van der Waals surface area contributed by atoms with Crippen molar-refractivity contribution in [1.82, 2.24) is 4.98 Å². The van der Waals surface area contributed by atoms with Gasteiger partial charge in [-0.1, -0.05) is 18.2 Å². The first kappa shape index (κ1) is 11.4. The number of carbonyl (C=O) groups is 1. The van der Waals surface area contributed by atoms with Crippen molar-refractivity contribution in [2.45, 2.75) is 6.42 Å². The van der Waals surface area contributed by atoms with Gasteiger partial charge >= 0.3 is 5.97 Å². The van der Waals surface area contributed by atoms with Crippen molar-refractivity contribution in [1.29, 1.82) is 0 Å². The van der Waals surface area contributed by atoms with E-state index in [1.165, 1.54) is 6.20 Å². The van der Waals surface area contributed by atoms with Gasteiger partial charge in [-0.3, -0.25) is 0 Å². The molecular formula is C13H13NO3. The van der Waals surface area contributed by atoms with Gasteiger partial charge in [-0.05, 0) is 24.1 Å². The van der Waals surface area contributed by atoms with Crippen LogP contribution in [0.25, 0.3) is 17.0 Å². The summed E-state index contributed by atoms with van der Waals surface area (Å²) in [6.07, 6.45) is 5.81. The SMILES string of the molecule is O=C(O)c1c[nH]c2ccc(C=CCCO)cc12. The number of hydrogen-bond donors (Lipinski definition) is 3. The van der Waals surface area contributed by atoms with Gasteiger partial charge in [-0.25, -0.2) is 4.79 Å². The first-order chi connectivity index (χ1) is 8.22. The lowest BCUT2D eigenvalue weighted by molar-refractivity contribution is 0.0699. The molecule has 4 heteroatoms. The molecule has 3 N–H and O–H groups in total. The summed E-state index contributed by atoms with van der Waals surface area (Å²) >= 11 is 0. The largest absolute Gasteiger partial charge is 0.478 e. The van der Waals surface area contributed by atoms with E-state index in [9.17, 15) is 4.79 Å². The van der Waals surface area contributed by atoms with Gasteiger partial charge in [0.05, 0.1) is 5.56 Å². The van der Waals surface area contributed by atoms with Gasteiger partial charge < -0.3 is 15.2 Å². The molecule has 1 heterocycles. The number of carboxylic acids is 1. The van der Waals surface area contributed by atoms with E-state index in [2.05, 4.69) is 4.98 Å². The summed E-state index contributed by atoms with van der Waals surface area (Å²) in [5.41, 5.74) is 2.01. The van der Waals surface area contributed by atoms with Crippen LogP contribution in [-0.2, 0) is 0 Å². The van der Waals surface area contributed by atoms with Crippen LogP contribution in [0.4, 0.5) is 0 Å². The number of H-pyrrole nitrogens is 1. The molecule has 0 radical (unpaired) electrons. The van der Waals surface area contributed by atoms with E-state index in [1.807, 2.05) is 30.4 Å². The number of aliphatic hydroxyl groups is 1. The first-order valence-corrected chi connectivity index (χ1v) is 5.34. The lowest BCUT2D eigenvalue weighted by Crippen LogP contribution is -1.93. The second kappa shape index (κ2) is 4.84. The molecule has 0 amide bonds. The highest BCUT2D eigenvalue weighted by atomic mass is 16.4. The van der Waals surface area contributed by atoms with Crippen LogP contribution in [-0.4, -0.2) is 27.8 Å². The molecule has 17 heavy (non-hydrogen) atoms. The smallest absolute Gasteiger partial charge is 0.337 e. The topological polar surface area (TPSA) is 73.3 Å². The molecule has 2 rings (SSSR count). The van der Waals surface area contributed by atoms with Crippen molar-refractivity contribution < 1.29 is 15.0 Å². The van der Waals surface area contributed by atoms with Crippen LogP contribution in [0.2, 0.25) is 0 Å². The zero-order valence-electron chi connectivity index (χ0n) is 9.18. The minimum Gasteiger partial charge on any atom is -0.478 e. The molecule has 0 bridgehead atoms. The lowest BCUT2D eigenvalue weighted by Gasteiger charge is -1.96. The number of aliphatic hydroxyl groups excluding tert-OH is 1. The maximum absolute atomic E-state index is 11.0. The maximum atomic E-state index is 11.0. The Morgan fingerprint density at radius 3 is 2.94 bits per heavy atom. The predicted octanol–water partition coefficient (Wildman–Crippen LogP) is 2.26. The predicted molar refractivity (Wildman–Crippen MR) is 66.0 cm³/mol. The lowest BCUT2D eigenvalue weighted by atomic mass is 10.1. The van der Waals surface area contributed by atoms with E-state index in [0.717, 1.165) is 11.1 Å². The Balaban J connectivity index is 2.41. The second-order valence-corrected chi connectivity index (χ2v) is 3.73. The van der Waals surface area contributed by atoms with Gasteiger partial charge in [-0.2, -0.15) is 0 Å². The van der Waals surface area contributed by atoms with Gasteiger partial charge in [0.2, 0.25) is 0 Å². The van der Waals surface area contributed by atoms with Gasteiger partial charge in [0.15, 0.2) is 0 Å². The van der Waals surface area contributed by atoms with Crippen LogP contribution in [0.15, 0.2) is 30.5 Å². The average molecular weight is 231 g/mol. The van der Waals surface area contributed by atoms with Crippen LogP contribution in [0.1, 0.15) is 22.3 Å². The minimum absolute atomic E-state index is 0.114. The Labute approximate surface area is 98.2 Å². The van der Waals surface area contributed by atoms with E-state index in [-0.39, 0.29) is 12.2 Å². The highest BCUT2D eigenvalue weighted by molar-refractivity contribution is 6.03. The quantitative estimate of drug-likeness (QED) is 0.755. The van der Waals surface area contributed by atoms with Crippen molar-refractivity contribution in [2.24, 2.45) is 0 Å². The van der Waals surface area contributed by atoms with Crippen LogP contribution in [0.3, 0.4) is 0 Å². The number of aromatic carboxylic acids is 1. The van der Waals surface area contributed by atoms with E-state index < -0.39 is 5.97 Å². The maximum Gasteiger partial charge on any atom is 0.337 e. The Morgan fingerprint density at radius 2 is 2.24 bits per heavy atom. The number of benzene rings is 1. The van der Waals surface area contributed by atoms with Gasteiger partial charge in [0.1, 0.15) is 0 Å². The molecule has 0 atom stereocenters. The first-order valence-electron chi connectivity index (χ1n) is 5.34.